The van der Waals surface area contributed by atoms with E-state index in [0.717, 1.165) is 18.4 Å². The number of rotatable bonds is 4. The first-order valence-electron chi connectivity index (χ1n) is 7.64. The Morgan fingerprint density at radius 2 is 2.05 bits per heavy atom. The number of para-hydroxylation sites is 1. The molecule has 1 amide bonds. The Morgan fingerprint density at radius 1 is 1.27 bits per heavy atom. The minimum Gasteiger partial charge on any atom is -0.398 e. The number of nitrogens with one attached hydrogen (secondary N) is 1. The lowest BCUT2D eigenvalue weighted by Crippen LogP contribution is -2.38. The molecule has 0 saturated heterocycles. The number of carbonyl (C=O) groups is 1. The quantitative estimate of drug-likeness (QED) is 0.831. The Hall–Kier alpha value is -2.44. The van der Waals surface area contributed by atoms with Gasteiger partial charge in [-0.05, 0) is 30.2 Å². The van der Waals surface area contributed by atoms with Gasteiger partial charge in [-0.15, -0.1) is 10.2 Å². The van der Waals surface area contributed by atoms with Crippen LogP contribution in [0.15, 0.2) is 24.3 Å². The maximum atomic E-state index is 12.0. The highest BCUT2D eigenvalue weighted by Gasteiger charge is 2.17. The van der Waals surface area contributed by atoms with Gasteiger partial charge in [0.25, 0.3) is 0 Å². The first-order valence-corrected chi connectivity index (χ1v) is 7.64. The van der Waals surface area contributed by atoms with Gasteiger partial charge in [0.2, 0.25) is 11.7 Å². The Bertz CT molecular complexity index is 647. The molecule has 3 N–H and O–H groups in total. The molecule has 0 atom stereocenters. The first kappa shape index (κ1) is 14.5. The molecule has 0 unspecified atom stereocenters. The first-order chi connectivity index (χ1) is 10.7. The molecule has 7 heteroatoms. The number of tetrazole rings is 1. The normalized spacial score (nSPS) is 15.6. The summed E-state index contributed by atoms with van der Waals surface area (Å²) in [6.07, 6.45) is 5.75. The molecule has 1 aromatic heterocycles. The van der Waals surface area contributed by atoms with Crippen LogP contribution in [0.5, 0.6) is 0 Å². The third kappa shape index (κ3) is 3.41. The van der Waals surface area contributed by atoms with Crippen LogP contribution in [0.2, 0.25) is 0 Å². The second-order valence-corrected chi connectivity index (χ2v) is 5.63. The summed E-state index contributed by atoms with van der Waals surface area (Å²) < 4.78 is 0. The average molecular weight is 300 g/mol. The molecule has 1 aliphatic rings. The third-order valence-electron chi connectivity index (χ3n) is 3.91. The topological polar surface area (TPSA) is 98.7 Å². The van der Waals surface area contributed by atoms with Gasteiger partial charge in [-0.25, -0.2) is 0 Å². The molecule has 0 spiro atoms. The zero-order valence-electron chi connectivity index (χ0n) is 12.4. The van der Waals surface area contributed by atoms with E-state index in [1.807, 2.05) is 18.2 Å². The fourth-order valence-corrected chi connectivity index (χ4v) is 2.77. The van der Waals surface area contributed by atoms with Crippen molar-refractivity contribution in [1.29, 1.82) is 0 Å². The van der Waals surface area contributed by atoms with Gasteiger partial charge in [0, 0.05) is 17.3 Å². The van der Waals surface area contributed by atoms with Crippen LogP contribution in [0.1, 0.15) is 32.1 Å². The van der Waals surface area contributed by atoms with Crippen molar-refractivity contribution in [1.82, 2.24) is 25.5 Å². The highest BCUT2D eigenvalue weighted by molar-refractivity contribution is 5.76. The number of anilines is 1. The molecule has 0 bridgehead atoms. The van der Waals surface area contributed by atoms with Gasteiger partial charge in [-0.2, -0.15) is 4.80 Å². The van der Waals surface area contributed by atoms with Crippen LogP contribution in [-0.4, -0.2) is 32.2 Å². The largest absolute Gasteiger partial charge is 0.398 e. The second-order valence-electron chi connectivity index (χ2n) is 5.63. The Balaban J connectivity index is 1.62. The zero-order chi connectivity index (χ0) is 15.4. The summed E-state index contributed by atoms with van der Waals surface area (Å²) in [6, 6.07) is 7.61. The van der Waals surface area contributed by atoms with E-state index in [1.54, 1.807) is 6.07 Å². The number of hydrogen-bond acceptors (Lipinski definition) is 5. The summed E-state index contributed by atoms with van der Waals surface area (Å²) in [7, 11) is 0. The van der Waals surface area contributed by atoms with Gasteiger partial charge in [-0.1, -0.05) is 31.4 Å². The van der Waals surface area contributed by atoms with Crippen molar-refractivity contribution in [2.24, 2.45) is 0 Å². The van der Waals surface area contributed by atoms with Crippen molar-refractivity contribution in [2.75, 3.05) is 5.73 Å². The number of amides is 1. The zero-order valence-corrected chi connectivity index (χ0v) is 12.4. The molecular weight excluding hydrogens is 280 g/mol. The fourth-order valence-electron chi connectivity index (χ4n) is 2.77. The van der Waals surface area contributed by atoms with Gasteiger partial charge < -0.3 is 11.1 Å². The minimum atomic E-state index is -0.0723. The van der Waals surface area contributed by atoms with Crippen molar-refractivity contribution in [3.05, 3.63) is 24.3 Å². The monoisotopic (exact) mass is 300 g/mol. The van der Waals surface area contributed by atoms with Crippen molar-refractivity contribution >= 4 is 11.6 Å². The smallest absolute Gasteiger partial charge is 0.243 e. The number of aromatic nitrogens is 4. The number of nitrogen functional groups attached to an aromatic ring is 1. The molecule has 0 aliphatic heterocycles. The highest BCUT2D eigenvalue weighted by atomic mass is 16.2. The lowest BCUT2D eigenvalue weighted by atomic mass is 9.95. The Labute approximate surface area is 128 Å². The number of nitrogens with two attached hydrogens (primary N) is 1. The molecule has 1 saturated carbocycles. The highest BCUT2D eigenvalue weighted by Crippen LogP contribution is 2.20. The maximum absolute atomic E-state index is 12.0. The second kappa shape index (κ2) is 6.55. The summed E-state index contributed by atoms with van der Waals surface area (Å²) in [5, 5.41) is 15.2. The van der Waals surface area contributed by atoms with Crippen LogP contribution in [0.3, 0.4) is 0 Å². The molecular formula is C15H20N6O. The molecule has 7 nitrogen and oxygen atoms in total. The fraction of sp³-hybridized carbons (Fsp3) is 0.467. The lowest BCUT2D eigenvalue weighted by Gasteiger charge is -2.22. The van der Waals surface area contributed by atoms with E-state index in [1.165, 1.54) is 24.1 Å². The van der Waals surface area contributed by atoms with Crippen molar-refractivity contribution in [2.45, 2.75) is 44.7 Å². The summed E-state index contributed by atoms with van der Waals surface area (Å²) in [5.41, 5.74) is 7.21. The molecule has 1 fully saturated rings. The Kier molecular flexibility index (Phi) is 4.32. The van der Waals surface area contributed by atoms with E-state index in [9.17, 15) is 4.79 Å². The van der Waals surface area contributed by atoms with Gasteiger partial charge >= 0.3 is 0 Å². The van der Waals surface area contributed by atoms with E-state index >= 15 is 0 Å². The van der Waals surface area contributed by atoms with Gasteiger partial charge in [0.1, 0.15) is 6.54 Å². The minimum absolute atomic E-state index is 0.0723. The standard InChI is InChI=1S/C15H20N6O/c16-13-9-5-4-8-12(13)15-18-20-21(19-15)10-14(22)17-11-6-2-1-3-7-11/h4-5,8-9,11H,1-3,6-7,10,16H2,(H,17,22). The molecule has 3 rings (SSSR count). The van der Waals surface area contributed by atoms with E-state index in [-0.39, 0.29) is 18.5 Å². The number of nitrogens with zero attached hydrogens (tertiary/aromatic N) is 4. The van der Waals surface area contributed by atoms with E-state index < -0.39 is 0 Å². The summed E-state index contributed by atoms with van der Waals surface area (Å²) in [4.78, 5) is 13.3. The Morgan fingerprint density at radius 3 is 2.82 bits per heavy atom. The third-order valence-corrected chi connectivity index (χ3v) is 3.91. The predicted molar refractivity (Wildman–Crippen MR) is 82.7 cm³/mol. The van der Waals surface area contributed by atoms with Crippen molar-refractivity contribution < 1.29 is 4.79 Å². The van der Waals surface area contributed by atoms with E-state index in [2.05, 4.69) is 20.7 Å². The van der Waals surface area contributed by atoms with Crippen LogP contribution >= 0.6 is 0 Å². The lowest BCUT2D eigenvalue weighted by molar-refractivity contribution is -0.123. The van der Waals surface area contributed by atoms with Crippen LogP contribution in [0.25, 0.3) is 11.4 Å². The van der Waals surface area contributed by atoms with Crippen molar-refractivity contribution in [3.8, 4) is 11.4 Å². The SMILES string of the molecule is Nc1ccccc1-c1nnn(CC(=O)NC2CCCCC2)n1. The molecule has 2 aromatic rings. The average Bonchev–Trinajstić information content (AvgIpc) is 2.97. The van der Waals surface area contributed by atoms with Gasteiger partial charge in [0.15, 0.2) is 0 Å². The molecule has 22 heavy (non-hydrogen) atoms. The molecule has 1 heterocycles. The molecule has 116 valence electrons. The number of carbonyl (C=O) groups excluding carboxylic acids is 1. The van der Waals surface area contributed by atoms with Crippen LogP contribution in [0, 0.1) is 0 Å². The molecule has 0 radical (unpaired) electrons. The van der Waals surface area contributed by atoms with Crippen LogP contribution in [0.4, 0.5) is 5.69 Å². The van der Waals surface area contributed by atoms with Crippen molar-refractivity contribution in [3.63, 3.8) is 0 Å². The van der Waals surface area contributed by atoms with E-state index in [4.69, 9.17) is 5.73 Å². The number of hydrogen-bond donors (Lipinski definition) is 2. The predicted octanol–water partition coefficient (Wildman–Crippen LogP) is 1.37. The maximum Gasteiger partial charge on any atom is 0.243 e. The summed E-state index contributed by atoms with van der Waals surface area (Å²) >= 11 is 0. The van der Waals surface area contributed by atoms with Gasteiger partial charge in [-0.3, -0.25) is 4.79 Å². The summed E-state index contributed by atoms with van der Waals surface area (Å²) in [5.74, 6) is 0.362. The molecule has 1 aromatic carbocycles. The summed E-state index contributed by atoms with van der Waals surface area (Å²) in [6.45, 7) is 0.0796. The van der Waals surface area contributed by atoms with Gasteiger partial charge in [0.05, 0.1) is 0 Å². The number of benzene rings is 1. The van der Waals surface area contributed by atoms with Crippen LogP contribution < -0.4 is 11.1 Å². The molecule has 1 aliphatic carbocycles. The van der Waals surface area contributed by atoms with Crippen LogP contribution in [-0.2, 0) is 11.3 Å². The van der Waals surface area contributed by atoms with E-state index in [0.29, 0.717) is 11.5 Å².